The van der Waals surface area contributed by atoms with Crippen molar-refractivity contribution in [2.45, 2.75) is 0 Å². The maximum atomic E-state index is 5.72. The van der Waals surface area contributed by atoms with Gasteiger partial charge in [0.25, 0.3) is 0 Å². The van der Waals surface area contributed by atoms with Crippen molar-refractivity contribution in [3.8, 4) is 17.1 Å². The molecule has 262 valence electrons. The van der Waals surface area contributed by atoms with E-state index in [-0.39, 0.29) is 0 Å². The van der Waals surface area contributed by atoms with Crippen molar-refractivity contribution < 1.29 is 0 Å². The van der Waals surface area contributed by atoms with Crippen LogP contribution in [0.15, 0.2) is 170 Å². The average Bonchev–Trinajstić information content (AvgIpc) is 3.92. The van der Waals surface area contributed by atoms with Gasteiger partial charge < -0.3 is 4.40 Å². The molecule has 0 unspecified atom stereocenters. The van der Waals surface area contributed by atoms with Crippen molar-refractivity contribution in [1.82, 2.24) is 18.9 Å². The minimum Gasteiger partial charge on any atom is -0.306 e. The fourth-order valence-corrected chi connectivity index (χ4v) is 11.3. The largest absolute Gasteiger partial charge is 0.306 e. The molecule has 5 heterocycles. The van der Waals surface area contributed by atoms with E-state index in [0.29, 0.717) is 0 Å². The second-order valence-electron chi connectivity index (χ2n) is 15.3. The molecule has 0 N–H and O–H groups in total. The zero-order valence-electron chi connectivity index (χ0n) is 30.4. The van der Waals surface area contributed by atoms with Crippen LogP contribution < -0.4 is 0 Å². The Morgan fingerprint density at radius 3 is 2.00 bits per heavy atom. The molecule has 14 rings (SSSR count). The van der Waals surface area contributed by atoms with Crippen LogP contribution in [0.5, 0.6) is 0 Å². The van der Waals surface area contributed by atoms with Gasteiger partial charge in [0.1, 0.15) is 5.69 Å². The molecule has 0 spiro atoms. The molecule has 0 bridgehead atoms. The highest BCUT2D eigenvalue weighted by molar-refractivity contribution is 7.26. The van der Waals surface area contributed by atoms with Gasteiger partial charge >= 0.3 is 0 Å². The second-order valence-corrected chi connectivity index (χ2v) is 16.3. The summed E-state index contributed by atoms with van der Waals surface area (Å²) in [4.78, 5) is 11.2. The van der Waals surface area contributed by atoms with E-state index in [1.165, 1.54) is 79.8 Å². The van der Waals surface area contributed by atoms with E-state index in [9.17, 15) is 0 Å². The lowest BCUT2D eigenvalue weighted by Crippen LogP contribution is -2.04. The van der Waals surface area contributed by atoms with Gasteiger partial charge in [0.15, 0.2) is 5.82 Å². The van der Waals surface area contributed by atoms with E-state index in [1.807, 2.05) is 11.3 Å². The van der Waals surface area contributed by atoms with Gasteiger partial charge in [-0.25, -0.2) is 9.97 Å². The van der Waals surface area contributed by atoms with Gasteiger partial charge in [-0.3, -0.25) is 4.57 Å². The maximum absolute atomic E-state index is 5.72. The second kappa shape index (κ2) is 10.7. The Morgan fingerprint density at radius 2 is 1.11 bits per heavy atom. The monoisotopic (exact) mass is 740 g/mol. The molecule has 5 heteroatoms. The number of hydrogen-bond acceptors (Lipinski definition) is 3. The molecule has 14 aromatic rings. The van der Waals surface area contributed by atoms with Crippen LogP contribution in [0, 0.1) is 0 Å². The lowest BCUT2D eigenvalue weighted by Gasteiger charge is -2.16. The van der Waals surface area contributed by atoms with E-state index < -0.39 is 0 Å². The number of thiophene rings is 1. The Hall–Kier alpha value is -7.34. The van der Waals surface area contributed by atoms with Crippen LogP contribution in [-0.2, 0) is 0 Å². The van der Waals surface area contributed by atoms with Crippen molar-refractivity contribution in [3.05, 3.63) is 170 Å². The zero-order chi connectivity index (χ0) is 36.9. The molecule has 0 amide bonds. The van der Waals surface area contributed by atoms with Crippen LogP contribution in [0.4, 0.5) is 0 Å². The Bertz CT molecular complexity index is 4040. The summed E-state index contributed by atoms with van der Waals surface area (Å²) in [5, 5.41) is 14.7. The topological polar surface area (TPSA) is 35.1 Å². The maximum Gasteiger partial charge on any atom is 0.165 e. The van der Waals surface area contributed by atoms with Gasteiger partial charge in [-0.15, -0.1) is 11.3 Å². The molecule has 0 aliphatic carbocycles. The van der Waals surface area contributed by atoms with Gasteiger partial charge in [0.2, 0.25) is 0 Å². The van der Waals surface area contributed by atoms with Crippen LogP contribution in [0.2, 0.25) is 0 Å². The SMILES string of the molecule is c1ccc(-c2nc3ccc4ccccc4c3nc2-n2c3cccc4c3c3c(cc5ccccc5c32)c2cccc3c5ccc6c7ccccc7sc6c5n4c23)cc1. The number of nitrogens with zero attached hydrogens (tertiary/aromatic N) is 4. The average molecular weight is 741 g/mol. The van der Waals surface area contributed by atoms with Gasteiger partial charge in [0.05, 0.1) is 43.3 Å². The molecule has 4 nitrogen and oxygen atoms in total. The summed E-state index contributed by atoms with van der Waals surface area (Å²) in [5.74, 6) is 0.827. The smallest absolute Gasteiger partial charge is 0.165 e. The third-order valence-corrected chi connectivity index (χ3v) is 13.6. The Labute approximate surface area is 328 Å². The van der Waals surface area contributed by atoms with Gasteiger partial charge in [-0.2, -0.15) is 0 Å². The fourth-order valence-electron chi connectivity index (χ4n) is 10.0. The molecule has 0 saturated carbocycles. The number of benzene rings is 9. The van der Waals surface area contributed by atoms with Gasteiger partial charge in [-0.05, 0) is 46.5 Å². The number of fused-ring (bicyclic) bond motifs is 14. The molecule has 9 aromatic carbocycles. The molecular formula is C52H28N4S. The minimum absolute atomic E-state index is 0.827. The highest BCUT2D eigenvalue weighted by Gasteiger charge is 2.27. The van der Waals surface area contributed by atoms with Crippen molar-refractivity contribution in [1.29, 1.82) is 0 Å². The highest BCUT2D eigenvalue weighted by atomic mass is 32.1. The highest BCUT2D eigenvalue weighted by Crippen LogP contribution is 2.49. The first-order valence-corrected chi connectivity index (χ1v) is 20.2. The standard InChI is InChI=1S/C52H28N4S/c1-2-13-30(14-3-1)46-52(54-47-32-16-6-4-12-29(32)24-27-40(47)53-46)56-42-22-11-21-41-45(42)44-39(28-31-15-5-7-17-33(31)49(44)56)36-20-10-19-35-37-25-26-38-34-18-8-9-23-43(34)57-51(38)50(37)55(41)48(35)36/h1-28H. The summed E-state index contributed by atoms with van der Waals surface area (Å²) in [6.45, 7) is 0. The lowest BCUT2D eigenvalue weighted by molar-refractivity contribution is 1.09. The third kappa shape index (κ3) is 3.77. The molecule has 0 fully saturated rings. The Balaban J connectivity index is 1.28. The Morgan fingerprint density at radius 1 is 0.421 bits per heavy atom. The summed E-state index contributed by atoms with van der Waals surface area (Å²) in [5.41, 5.74) is 9.63. The van der Waals surface area contributed by atoms with E-state index in [4.69, 9.17) is 9.97 Å². The molecule has 0 aliphatic rings. The first kappa shape index (κ1) is 29.9. The molecule has 0 atom stereocenters. The number of hydrogen-bond donors (Lipinski definition) is 0. The number of rotatable bonds is 2. The van der Waals surface area contributed by atoms with Crippen molar-refractivity contribution in [2.75, 3.05) is 0 Å². The third-order valence-electron chi connectivity index (χ3n) is 12.4. The molecule has 0 saturated heterocycles. The summed E-state index contributed by atoms with van der Waals surface area (Å²) >= 11 is 1.90. The normalized spacial score (nSPS) is 12.6. The molecule has 0 radical (unpaired) electrons. The molecular weight excluding hydrogens is 713 g/mol. The fraction of sp³-hybridized carbons (Fsp3) is 0. The number of aromatic nitrogens is 4. The minimum atomic E-state index is 0.827. The summed E-state index contributed by atoms with van der Waals surface area (Å²) in [6, 6.07) is 61.9. The molecule has 57 heavy (non-hydrogen) atoms. The first-order chi connectivity index (χ1) is 28.3. The predicted molar refractivity (Wildman–Crippen MR) is 242 cm³/mol. The van der Waals surface area contributed by atoms with Gasteiger partial charge in [-0.1, -0.05) is 140 Å². The molecule has 0 aliphatic heterocycles. The van der Waals surface area contributed by atoms with Crippen LogP contribution in [0.25, 0.3) is 130 Å². The van der Waals surface area contributed by atoms with E-state index in [0.717, 1.165) is 49.9 Å². The van der Waals surface area contributed by atoms with E-state index >= 15 is 0 Å². The quantitative estimate of drug-likeness (QED) is 0.165. The predicted octanol–water partition coefficient (Wildman–Crippen LogP) is 14.2. The van der Waals surface area contributed by atoms with Gasteiger partial charge in [0, 0.05) is 58.7 Å². The summed E-state index contributed by atoms with van der Waals surface area (Å²) in [7, 11) is 0. The summed E-state index contributed by atoms with van der Waals surface area (Å²) < 4.78 is 7.65. The number of para-hydroxylation sites is 1. The van der Waals surface area contributed by atoms with Crippen LogP contribution in [-0.4, -0.2) is 18.9 Å². The van der Waals surface area contributed by atoms with E-state index in [1.54, 1.807) is 0 Å². The van der Waals surface area contributed by atoms with Crippen molar-refractivity contribution in [3.63, 3.8) is 0 Å². The van der Waals surface area contributed by atoms with Crippen molar-refractivity contribution >= 4 is 124 Å². The zero-order valence-corrected chi connectivity index (χ0v) is 31.2. The Kier molecular flexibility index (Phi) is 5.62. The van der Waals surface area contributed by atoms with Crippen LogP contribution >= 0.6 is 11.3 Å². The first-order valence-electron chi connectivity index (χ1n) is 19.4. The lowest BCUT2D eigenvalue weighted by atomic mass is 9.99. The van der Waals surface area contributed by atoms with Crippen LogP contribution in [0.1, 0.15) is 0 Å². The van der Waals surface area contributed by atoms with Crippen molar-refractivity contribution in [2.24, 2.45) is 0 Å². The van der Waals surface area contributed by atoms with E-state index in [2.05, 4.69) is 179 Å². The summed E-state index contributed by atoms with van der Waals surface area (Å²) in [6.07, 6.45) is 0. The molecule has 5 aromatic heterocycles. The van der Waals surface area contributed by atoms with Crippen LogP contribution in [0.3, 0.4) is 0 Å².